The van der Waals surface area contributed by atoms with Crippen molar-refractivity contribution in [1.29, 1.82) is 0 Å². The van der Waals surface area contributed by atoms with Gasteiger partial charge in [-0.2, -0.15) is 4.98 Å². The molecule has 0 saturated heterocycles. The summed E-state index contributed by atoms with van der Waals surface area (Å²) < 4.78 is 5.41. The van der Waals surface area contributed by atoms with Gasteiger partial charge in [0.15, 0.2) is 0 Å². The fourth-order valence-corrected chi connectivity index (χ4v) is 3.09. The predicted octanol–water partition coefficient (Wildman–Crippen LogP) is 3.27. The molecule has 1 saturated carbocycles. The zero-order chi connectivity index (χ0) is 14.7. The molecule has 0 radical (unpaired) electrons. The number of aryl methyl sites for hydroxylation is 1. The molecule has 1 fully saturated rings. The van der Waals surface area contributed by atoms with Crippen LogP contribution in [0.1, 0.15) is 56.5 Å². The molecule has 0 aromatic carbocycles. The van der Waals surface area contributed by atoms with Crippen molar-refractivity contribution >= 4 is 0 Å². The summed E-state index contributed by atoms with van der Waals surface area (Å²) in [4.78, 5) is 8.88. The number of pyridine rings is 1. The summed E-state index contributed by atoms with van der Waals surface area (Å²) in [5, 5.41) is 4.08. The van der Waals surface area contributed by atoms with Crippen LogP contribution in [0.4, 0.5) is 0 Å². The molecule has 1 aliphatic rings. The van der Waals surface area contributed by atoms with Gasteiger partial charge in [-0.05, 0) is 36.8 Å². The number of hydrogen-bond acceptors (Lipinski definition) is 5. The number of aromatic nitrogens is 3. The molecule has 1 aliphatic carbocycles. The molecule has 1 atom stereocenters. The van der Waals surface area contributed by atoms with Gasteiger partial charge in [-0.25, -0.2) is 0 Å². The van der Waals surface area contributed by atoms with Crippen LogP contribution in [-0.4, -0.2) is 15.1 Å². The summed E-state index contributed by atoms with van der Waals surface area (Å²) in [7, 11) is 0. The van der Waals surface area contributed by atoms with Gasteiger partial charge in [0.25, 0.3) is 0 Å². The van der Waals surface area contributed by atoms with E-state index in [0.29, 0.717) is 17.6 Å². The van der Waals surface area contributed by atoms with Crippen molar-refractivity contribution in [3.05, 3.63) is 29.8 Å². The normalized spacial score (nSPS) is 17.8. The summed E-state index contributed by atoms with van der Waals surface area (Å²) in [6.45, 7) is 2.09. The van der Waals surface area contributed by atoms with Crippen LogP contribution in [0, 0.1) is 5.92 Å². The van der Waals surface area contributed by atoms with Crippen molar-refractivity contribution in [2.75, 3.05) is 0 Å². The fraction of sp³-hybridized carbons (Fsp3) is 0.562. The minimum absolute atomic E-state index is 0.152. The predicted molar refractivity (Wildman–Crippen MR) is 80.4 cm³/mol. The zero-order valence-corrected chi connectivity index (χ0v) is 12.5. The summed E-state index contributed by atoms with van der Waals surface area (Å²) >= 11 is 0. The van der Waals surface area contributed by atoms with Crippen molar-refractivity contribution in [2.24, 2.45) is 11.7 Å². The van der Waals surface area contributed by atoms with Crippen LogP contribution in [-0.2, 0) is 6.42 Å². The van der Waals surface area contributed by atoms with Gasteiger partial charge < -0.3 is 10.3 Å². The lowest BCUT2D eigenvalue weighted by Gasteiger charge is -2.24. The molecular formula is C16H22N4O. The third-order valence-corrected chi connectivity index (χ3v) is 4.37. The van der Waals surface area contributed by atoms with E-state index in [2.05, 4.69) is 22.0 Å². The Morgan fingerprint density at radius 2 is 2.14 bits per heavy atom. The molecular weight excluding hydrogens is 264 g/mol. The molecule has 21 heavy (non-hydrogen) atoms. The standard InChI is InChI=1S/C16H22N4O/c1-2-11-9-6-10-18-14(11)15-19-16(21-20-15)13(17)12-7-4-3-5-8-12/h6,9-10,12-13H,2-5,7-8,17H2,1H3. The van der Waals surface area contributed by atoms with Crippen LogP contribution in [0.15, 0.2) is 22.9 Å². The maximum Gasteiger partial charge on any atom is 0.244 e. The minimum atomic E-state index is -0.152. The van der Waals surface area contributed by atoms with Crippen molar-refractivity contribution < 1.29 is 4.52 Å². The average molecular weight is 286 g/mol. The van der Waals surface area contributed by atoms with Gasteiger partial charge in [0, 0.05) is 6.20 Å². The molecule has 2 heterocycles. The second kappa shape index (κ2) is 6.35. The van der Waals surface area contributed by atoms with Gasteiger partial charge >= 0.3 is 0 Å². The maximum absolute atomic E-state index is 6.32. The van der Waals surface area contributed by atoms with E-state index in [-0.39, 0.29) is 6.04 Å². The monoisotopic (exact) mass is 286 g/mol. The highest BCUT2D eigenvalue weighted by Gasteiger charge is 2.26. The van der Waals surface area contributed by atoms with Crippen LogP contribution in [0.3, 0.4) is 0 Å². The molecule has 2 aromatic heterocycles. The van der Waals surface area contributed by atoms with E-state index in [1.807, 2.05) is 12.1 Å². The second-order valence-electron chi connectivity index (χ2n) is 5.74. The Morgan fingerprint density at radius 1 is 1.33 bits per heavy atom. The van der Waals surface area contributed by atoms with E-state index in [1.54, 1.807) is 6.20 Å². The first-order valence-electron chi connectivity index (χ1n) is 7.83. The summed E-state index contributed by atoms with van der Waals surface area (Å²) in [5.74, 6) is 1.56. The summed E-state index contributed by atoms with van der Waals surface area (Å²) in [6, 6.07) is 3.82. The molecule has 112 valence electrons. The Kier molecular flexibility index (Phi) is 4.29. The van der Waals surface area contributed by atoms with E-state index in [4.69, 9.17) is 10.3 Å². The van der Waals surface area contributed by atoms with Crippen molar-refractivity contribution in [2.45, 2.75) is 51.5 Å². The molecule has 1 unspecified atom stereocenters. The van der Waals surface area contributed by atoms with Crippen molar-refractivity contribution in [3.8, 4) is 11.5 Å². The van der Waals surface area contributed by atoms with Crippen molar-refractivity contribution in [1.82, 2.24) is 15.1 Å². The van der Waals surface area contributed by atoms with E-state index in [0.717, 1.165) is 30.5 Å². The summed E-state index contributed by atoms with van der Waals surface area (Å²) in [6.07, 6.45) is 8.77. The van der Waals surface area contributed by atoms with Crippen LogP contribution >= 0.6 is 0 Å². The molecule has 0 bridgehead atoms. The van der Waals surface area contributed by atoms with E-state index >= 15 is 0 Å². The highest BCUT2D eigenvalue weighted by Crippen LogP contribution is 2.32. The smallest absolute Gasteiger partial charge is 0.244 e. The Balaban J connectivity index is 1.82. The maximum atomic E-state index is 6.32. The van der Waals surface area contributed by atoms with Gasteiger partial charge in [-0.15, -0.1) is 0 Å². The second-order valence-corrected chi connectivity index (χ2v) is 5.74. The third-order valence-electron chi connectivity index (χ3n) is 4.37. The molecule has 0 aliphatic heterocycles. The minimum Gasteiger partial charge on any atom is -0.337 e. The average Bonchev–Trinajstić information content (AvgIpc) is 3.04. The van der Waals surface area contributed by atoms with Gasteiger partial charge in [-0.3, -0.25) is 4.98 Å². The SMILES string of the molecule is CCc1cccnc1-c1noc(C(N)C2CCCCC2)n1. The van der Waals surface area contributed by atoms with Crippen LogP contribution in [0.5, 0.6) is 0 Å². The molecule has 2 N–H and O–H groups in total. The number of nitrogens with two attached hydrogens (primary N) is 1. The van der Waals surface area contributed by atoms with Crippen LogP contribution in [0.2, 0.25) is 0 Å². The highest BCUT2D eigenvalue weighted by atomic mass is 16.5. The summed E-state index contributed by atoms with van der Waals surface area (Å²) in [5.41, 5.74) is 8.23. The lowest BCUT2D eigenvalue weighted by molar-refractivity contribution is 0.255. The largest absolute Gasteiger partial charge is 0.337 e. The topological polar surface area (TPSA) is 77.8 Å². The van der Waals surface area contributed by atoms with E-state index in [9.17, 15) is 0 Å². The Morgan fingerprint density at radius 3 is 2.90 bits per heavy atom. The molecule has 5 heteroatoms. The number of rotatable bonds is 4. The van der Waals surface area contributed by atoms with Crippen molar-refractivity contribution in [3.63, 3.8) is 0 Å². The van der Waals surface area contributed by atoms with Gasteiger partial charge in [0.2, 0.25) is 11.7 Å². The van der Waals surface area contributed by atoms with E-state index in [1.165, 1.54) is 19.3 Å². The number of nitrogens with zero attached hydrogens (tertiary/aromatic N) is 3. The highest BCUT2D eigenvalue weighted by molar-refractivity contribution is 5.53. The Labute approximate surface area is 125 Å². The van der Waals surface area contributed by atoms with E-state index < -0.39 is 0 Å². The first kappa shape index (κ1) is 14.2. The molecule has 2 aromatic rings. The number of hydrogen-bond donors (Lipinski definition) is 1. The molecule has 3 rings (SSSR count). The van der Waals surface area contributed by atoms with Gasteiger partial charge in [-0.1, -0.05) is 37.4 Å². The molecule has 0 spiro atoms. The Hall–Kier alpha value is -1.75. The fourth-order valence-electron chi connectivity index (χ4n) is 3.09. The van der Waals surface area contributed by atoms with Gasteiger partial charge in [0.1, 0.15) is 5.69 Å². The quantitative estimate of drug-likeness (QED) is 0.933. The van der Waals surface area contributed by atoms with Crippen LogP contribution in [0.25, 0.3) is 11.5 Å². The first-order valence-corrected chi connectivity index (χ1v) is 7.83. The lowest BCUT2D eigenvalue weighted by atomic mass is 9.84. The molecule has 5 nitrogen and oxygen atoms in total. The zero-order valence-electron chi connectivity index (χ0n) is 12.5. The third kappa shape index (κ3) is 2.97. The van der Waals surface area contributed by atoms with Crippen LogP contribution < -0.4 is 5.73 Å². The lowest BCUT2D eigenvalue weighted by Crippen LogP contribution is -2.23. The molecule has 0 amide bonds. The van der Waals surface area contributed by atoms with Gasteiger partial charge in [0.05, 0.1) is 6.04 Å². The Bertz CT molecular complexity index is 589. The first-order chi connectivity index (χ1) is 10.3.